The molecule has 1 aromatic rings. The largest absolute Gasteiger partial charge is 0.482 e. The van der Waals surface area contributed by atoms with Gasteiger partial charge in [0.05, 0.1) is 4.92 Å². The molecule has 0 N–H and O–H groups in total. The normalized spacial score (nSPS) is 22.9. The van der Waals surface area contributed by atoms with E-state index < -0.39 is 16.4 Å². The minimum Gasteiger partial charge on any atom is -0.482 e. The summed E-state index contributed by atoms with van der Waals surface area (Å²) in [5.74, 6) is 0.00543. The predicted octanol–water partition coefficient (Wildman–Crippen LogP) is 2.60. The minimum atomic E-state index is -0.847. The quantitative estimate of drug-likeness (QED) is 0.614. The van der Waals surface area contributed by atoms with E-state index >= 15 is 0 Å². The number of hydrogen-bond donors (Lipinski definition) is 0. The summed E-state index contributed by atoms with van der Waals surface area (Å²) in [6.07, 6.45) is 3.35. The number of halogens is 1. The molecule has 1 saturated carbocycles. The van der Waals surface area contributed by atoms with Gasteiger partial charge in [-0.25, -0.2) is 0 Å². The van der Waals surface area contributed by atoms with Gasteiger partial charge in [0, 0.05) is 19.6 Å². The lowest BCUT2D eigenvalue weighted by atomic mass is 10.2. The van der Waals surface area contributed by atoms with Crippen LogP contribution in [0.1, 0.15) is 19.3 Å². The van der Waals surface area contributed by atoms with Crippen LogP contribution in [-0.4, -0.2) is 35.6 Å². The van der Waals surface area contributed by atoms with Gasteiger partial charge >= 0.3 is 5.69 Å². The molecule has 1 aliphatic carbocycles. The molecular weight excluding hydrogens is 263 g/mol. The van der Waals surface area contributed by atoms with Gasteiger partial charge in [0.2, 0.25) is 11.6 Å². The summed E-state index contributed by atoms with van der Waals surface area (Å²) in [6.45, 7) is 2.81. The summed E-state index contributed by atoms with van der Waals surface area (Å²) in [4.78, 5) is 12.5. The first-order chi connectivity index (χ1) is 9.63. The average Bonchev–Trinajstić information content (AvgIpc) is 3.09. The van der Waals surface area contributed by atoms with Crippen molar-refractivity contribution in [2.24, 2.45) is 5.92 Å². The van der Waals surface area contributed by atoms with Crippen molar-refractivity contribution in [3.63, 3.8) is 0 Å². The van der Waals surface area contributed by atoms with E-state index in [1.165, 1.54) is 25.0 Å². The van der Waals surface area contributed by atoms with Crippen LogP contribution >= 0.6 is 0 Å². The minimum absolute atomic E-state index is 0.0354. The molecule has 0 aromatic heterocycles. The third-order valence-corrected chi connectivity index (χ3v) is 3.87. The van der Waals surface area contributed by atoms with Crippen LogP contribution in [0.3, 0.4) is 0 Å². The van der Waals surface area contributed by atoms with Gasteiger partial charge in [-0.1, -0.05) is 6.07 Å². The molecule has 0 radical (unpaired) electrons. The Morgan fingerprint density at radius 1 is 1.40 bits per heavy atom. The van der Waals surface area contributed by atoms with E-state index in [2.05, 4.69) is 4.90 Å². The number of benzene rings is 1. The third kappa shape index (κ3) is 2.90. The van der Waals surface area contributed by atoms with Gasteiger partial charge in [-0.15, -0.1) is 0 Å². The zero-order chi connectivity index (χ0) is 14.1. The number of nitro groups is 1. The Bertz CT molecular complexity index is 519. The van der Waals surface area contributed by atoms with Crippen molar-refractivity contribution in [1.29, 1.82) is 0 Å². The maximum Gasteiger partial charge on any atom is 0.346 e. The Labute approximate surface area is 116 Å². The highest BCUT2D eigenvalue weighted by molar-refractivity contribution is 5.47. The Morgan fingerprint density at radius 3 is 2.90 bits per heavy atom. The maximum atomic E-state index is 13.5. The van der Waals surface area contributed by atoms with Gasteiger partial charge in [-0.05, 0) is 37.3 Å². The van der Waals surface area contributed by atoms with Gasteiger partial charge < -0.3 is 4.74 Å². The summed E-state index contributed by atoms with van der Waals surface area (Å²) >= 11 is 0. The second kappa shape index (κ2) is 5.36. The first kappa shape index (κ1) is 13.3. The number of likely N-dealkylation sites (tertiary alicyclic amines) is 1. The summed E-state index contributed by atoms with van der Waals surface area (Å²) in [7, 11) is 0. The molecule has 1 unspecified atom stereocenters. The molecule has 0 bridgehead atoms. The van der Waals surface area contributed by atoms with E-state index in [0.29, 0.717) is 0 Å². The number of ether oxygens (including phenoxy) is 1. The molecule has 108 valence electrons. The van der Waals surface area contributed by atoms with E-state index in [1.807, 2.05) is 0 Å². The molecule has 2 fully saturated rings. The zero-order valence-electron chi connectivity index (χ0n) is 11.1. The molecule has 5 nitrogen and oxygen atoms in total. The smallest absolute Gasteiger partial charge is 0.346 e. The van der Waals surface area contributed by atoms with Crippen molar-refractivity contribution >= 4 is 5.69 Å². The Balaban J connectivity index is 1.66. The lowest BCUT2D eigenvalue weighted by molar-refractivity contribution is -0.388. The highest BCUT2D eigenvalue weighted by Crippen LogP contribution is 2.33. The van der Waals surface area contributed by atoms with Crippen molar-refractivity contribution in [3.8, 4) is 5.75 Å². The second-order valence-corrected chi connectivity index (χ2v) is 5.58. The van der Waals surface area contributed by atoms with Crippen LogP contribution < -0.4 is 4.74 Å². The molecular formula is C14H17FN2O3. The van der Waals surface area contributed by atoms with Crippen molar-refractivity contribution in [3.05, 3.63) is 34.1 Å². The number of nitro benzene ring substituents is 1. The van der Waals surface area contributed by atoms with Crippen molar-refractivity contribution in [2.45, 2.75) is 25.4 Å². The van der Waals surface area contributed by atoms with E-state index in [4.69, 9.17) is 4.74 Å². The number of rotatable bonds is 5. The van der Waals surface area contributed by atoms with Crippen LogP contribution in [0.25, 0.3) is 0 Å². The van der Waals surface area contributed by atoms with Crippen LogP contribution in [0.2, 0.25) is 0 Å². The molecule has 1 heterocycles. The molecule has 1 atom stereocenters. The van der Waals surface area contributed by atoms with E-state index in [0.717, 1.165) is 38.0 Å². The maximum absolute atomic E-state index is 13.5. The van der Waals surface area contributed by atoms with Crippen molar-refractivity contribution in [1.82, 2.24) is 4.90 Å². The molecule has 2 aliphatic rings. The van der Waals surface area contributed by atoms with Crippen molar-refractivity contribution < 1.29 is 14.1 Å². The number of hydrogen-bond acceptors (Lipinski definition) is 4. The van der Waals surface area contributed by atoms with Crippen LogP contribution in [0.5, 0.6) is 5.75 Å². The van der Waals surface area contributed by atoms with Gasteiger partial charge in [0.15, 0.2) is 0 Å². The van der Waals surface area contributed by atoms with Gasteiger partial charge in [0.1, 0.15) is 6.10 Å². The SMILES string of the molecule is O=[N+]([O-])c1c(F)cccc1OC1CCN(CC2CC2)C1. The topological polar surface area (TPSA) is 55.6 Å². The van der Waals surface area contributed by atoms with Crippen LogP contribution in [0.15, 0.2) is 18.2 Å². The average molecular weight is 280 g/mol. The summed E-state index contributed by atoms with van der Waals surface area (Å²) in [5.41, 5.74) is -0.562. The molecule has 1 aliphatic heterocycles. The van der Waals surface area contributed by atoms with Gasteiger partial charge in [-0.3, -0.25) is 15.0 Å². The number of nitrogens with zero attached hydrogens (tertiary/aromatic N) is 2. The molecule has 0 amide bonds. The third-order valence-electron chi connectivity index (χ3n) is 3.87. The fraction of sp³-hybridized carbons (Fsp3) is 0.571. The molecule has 20 heavy (non-hydrogen) atoms. The molecule has 1 aromatic carbocycles. The van der Waals surface area contributed by atoms with Gasteiger partial charge in [0.25, 0.3) is 0 Å². The van der Waals surface area contributed by atoms with Crippen molar-refractivity contribution in [2.75, 3.05) is 19.6 Å². The Kier molecular flexibility index (Phi) is 3.56. The monoisotopic (exact) mass is 280 g/mol. The van der Waals surface area contributed by atoms with Crippen LogP contribution in [-0.2, 0) is 0 Å². The van der Waals surface area contributed by atoms with E-state index in [1.54, 1.807) is 0 Å². The van der Waals surface area contributed by atoms with E-state index in [-0.39, 0.29) is 11.9 Å². The van der Waals surface area contributed by atoms with Gasteiger partial charge in [-0.2, -0.15) is 4.39 Å². The first-order valence-electron chi connectivity index (χ1n) is 6.95. The molecule has 6 heteroatoms. The fourth-order valence-electron chi connectivity index (χ4n) is 2.67. The summed E-state index contributed by atoms with van der Waals surface area (Å²) < 4.78 is 19.2. The summed E-state index contributed by atoms with van der Waals surface area (Å²) in [6, 6.07) is 3.98. The highest BCUT2D eigenvalue weighted by atomic mass is 19.1. The zero-order valence-corrected chi connectivity index (χ0v) is 11.1. The lowest BCUT2D eigenvalue weighted by Crippen LogP contribution is -2.26. The van der Waals surface area contributed by atoms with E-state index in [9.17, 15) is 14.5 Å². The van der Waals surface area contributed by atoms with Crippen LogP contribution in [0, 0.1) is 21.8 Å². The second-order valence-electron chi connectivity index (χ2n) is 5.58. The standard InChI is InChI=1S/C14H17FN2O3/c15-12-2-1-3-13(14(12)17(18)19)20-11-6-7-16(9-11)8-10-4-5-10/h1-3,10-11H,4-9H2. The Morgan fingerprint density at radius 2 is 2.20 bits per heavy atom. The Hall–Kier alpha value is -1.69. The fourth-order valence-corrected chi connectivity index (χ4v) is 2.67. The lowest BCUT2D eigenvalue weighted by Gasteiger charge is -2.16. The first-order valence-corrected chi connectivity index (χ1v) is 6.95. The number of para-hydroxylation sites is 1. The van der Waals surface area contributed by atoms with Crippen LogP contribution in [0.4, 0.5) is 10.1 Å². The summed E-state index contributed by atoms with van der Waals surface area (Å²) in [5, 5.41) is 10.9. The molecule has 0 spiro atoms. The highest BCUT2D eigenvalue weighted by Gasteiger charge is 2.31. The molecule has 3 rings (SSSR count). The molecule has 1 saturated heterocycles. The predicted molar refractivity (Wildman–Crippen MR) is 71.3 cm³/mol.